The van der Waals surface area contributed by atoms with E-state index < -0.39 is 11.9 Å². The normalized spacial score (nSPS) is 15.7. The number of imidazole rings is 1. The van der Waals surface area contributed by atoms with E-state index in [1.54, 1.807) is 11.6 Å². The van der Waals surface area contributed by atoms with Gasteiger partial charge in [-0.2, -0.15) is 13.2 Å². The van der Waals surface area contributed by atoms with Crippen LogP contribution in [0.1, 0.15) is 36.3 Å². The van der Waals surface area contributed by atoms with E-state index in [0.717, 1.165) is 37.9 Å². The van der Waals surface area contributed by atoms with Crippen LogP contribution in [0.5, 0.6) is 0 Å². The fourth-order valence-electron chi connectivity index (χ4n) is 3.56. The molecule has 0 spiro atoms. The molecule has 1 N–H and O–H groups in total. The van der Waals surface area contributed by atoms with Crippen LogP contribution < -0.4 is 5.43 Å². The molecule has 1 aromatic carbocycles. The van der Waals surface area contributed by atoms with Crippen LogP contribution in [0.15, 0.2) is 30.3 Å². The Bertz CT molecular complexity index is 977. The van der Waals surface area contributed by atoms with Gasteiger partial charge in [0.2, 0.25) is 5.95 Å². The molecule has 0 radical (unpaired) electrons. The van der Waals surface area contributed by atoms with Crippen molar-refractivity contribution in [3.63, 3.8) is 0 Å². The molecule has 0 unspecified atom stereocenters. The predicted molar refractivity (Wildman–Crippen MR) is 104 cm³/mol. The number of rotatable bonds is 5. The number of alkyl halides is 3. The minimum absolute atomic E-state index is 0.168. The Labute approximate surface area is 166 Å². The van der Waals surface area contributed by atoms with E-state index in [0.29, 0.717) is 18.8 Å². The van der Waals surface area contributed by atoms with Gasteiger partial charge in [-0.1, -0.05) is 36.8 Å². The number of piperidine rings is 1. The third-order valence-electron chi connectivity index (χ3n) is 5.13. The average Bonchev–Trinajstić information content (AvgIpc) is 3.02. The summed E-state index contributed by atoms with van der Waals surface area (Å²) in [5, 5.41) is 1.99. The smallest absolute Gasteiger partial charge is 0.297 e. The summed E-state index contributed by atoms with van der Waals surface area (Å²) >= 11 is 0. The van der Waals surface area contributed by atoms with Crippen molar-refractivity contribution in [1.82, 2.24) is 24.5 Å². The first-order valence-electron chi connectivity index (χ1n) is 9.78. The number of hydrogen-bond donors (Lipinski definition) is 1. The second kappa shape index (κ2) is 7.98. The van der Waals surface area contributed by atoms with Crippen LogP contribution in [0.2, 0.25) is 0 Å². The number of fused-ring (bicyclic) bond motifs is 1. The van der Waals surface area contributed by atoms with Gasteiger partial charge in [0.25, 0.3) is 0 Å². The summed E-state index contributed by atoms with van der Waals surface area (Å²) in [6.07, 6.45) is -0.444. The molecule has 1 aliphatic rings. The Morgan fingerprint density at radius 1 is 0.966 bits per heavy atom. The summed E-state index contributed by atoms with van der Waals surface area (Å²) in [5.41, 5.74) is 3.17. The fraction of sp³-hybridized carbons (Fsp3) is 0.450. The second-order valence-electron chi connectivity index (χ2n) is 7.30. The quantitative estimate of drug-likeness (QED) is 0.697. The number of nitrogens with zero attached hydrogens (tertiary/aromatic N) is 5. The Morgan fingerprint density at radius 2 is 1.69 bits per heavy atom. The van der Waals surface area contributed by atoms with Gasteiger partial charge < -0.3 is 0 Å². The minimum atomic E-state index is -4.60. The molecule has 0 atom stereocenters. The largest absolute Gasteiger partial charge is 0.435 e. The Balaban J connectivity index is 1.67. The van der Waals surface area contributed by atoms with Gasteiger partial charge in [0.1, 0.15) is 11.3 Å². The van der Waals surface area contributed by atoms with Crippen molar-refractivity contribution in [2.45, 2.75) is 38.3 Å². The third-order valence-corrected chi connectivity index (χ3v) is 5.13. The first-order valence-corrected chi connectivity index (χ1v) is 9.78. The van der Waals surface area contributed by atoms with Crippen molar-refractivity contribution in [2.75, 3.05) is 18.5 Å². The van der Waals surface area contributed by atoms with Crippen LogP contribution >= 0.6 is 0 Å². The zero-order valence-corrected chi connectivity index (χ0v) is 16.2. The van der Waals surface area contributed by atoms with E-state index >= 15 is 0 Å². The molecular weight excluding hydrogens is 381 g/mol. The summed E-state index contributed by atoms with van der Waals surface area (Å²) in [6.45, 7) is 1.67. The predicted octanol–water partition coefficient (Wildman–Crippen LogP) is 3.98. The van der Waals surface area contributed by atoms with E-state index in [9.17, 15) is 13.2 Å². The highest BCUT2D eigenvalue weighted by Crippen LogP contribution is 2.33. The Hall–Kier alpha value is -2.68. The molecule has 6 nitrogen and oxygen atoms in total. The zero-order chi connectivity index (χ0) is 20.4. The van der Waals surface area contributed by atoms with Crippen molar-refractivity contribution < 1.29 is 13.2 Å². The highest BCUT2D eigenvalue weighted by molar-refractivity contribution is 5.77. The summed E-state index contributed by atoms with van der Waals surface area (Å²) in [7, 11) is 1.68. The molecule has 0 amide bonds. The van der Waals surface area contributed by atoms with Crippen LogP contribution in [0.4, 0.5) is 19.1 Å². The Kier molecular flexibility index (Phi) is 5.40. The number of benzene rings is 1. The molecule has 4 rings (SSSR count). The number of hydrogen-bond acceptors (Lipinski definition) is 5. The van der Waals surface area contributed by atoms with Crippen LogP contribution in [0.25, 0.3) is 11.2 Å². The van der Waals surface area contributed by atoms with Gasteiger partial charge in [-0.05, 0) is 24.8 Å². The van der Waals surface area contributed by atoms with Gasteiger partial charge >= 0.3 is 6.18 Å². The van der Waals surface area contributed by atoms with Crippen LogP contribution in [0.3, 0.4) is 0 Å². The SMILES string of the molecule is Cn1c(NN2CCCCC2)nc2c(C(F)(F)F)nc(CCc3ccccc3)nc21. The monoisotopic (exact) mass is 404 g/mol. The molecule has 3 heterocycles. The zero-order valence-electron chi connectivity index (χ0n) is 16.2. The molecule has 1 saturated heterocycles. The van der Waals surface area contributed by atoms with Gasteiger partial charge in [0.15, 0.2) is 11.3 Å². The molecule has 154 valence electrons. The maximum absolute atomic E-state index is 13.7. The standard InChI is InChI=1S/C20H23F3N6/c1-28-18-16(26-19(28)27-29-12-6-3-7-13-29)17(20(21,22)23)24-15(25-18)11-10-14-8-4-2-5-9-14/h2,4-5,8-9H,3,6-7,10-13H2,1H3,(H,26,27). The van der Waals surface area contributed by atoms with Crippen molar-refractivity contribution in [2.24, 2.45) is 7.05 Å². The minimum Gasteiger partial charge on any atom is -0.297 e. The molecule has 2 aromatic heterocycles. The molecule has 0 bridgehead atoms. The molecule has 1 fully saturated rings. The number of nitrogens with one attached hydrogen (secondary N) is 1. The van der Waals surface area contributed by atoms with Crippen molar-refractivity contribution >= 4 is 17.1 Å². The highest BCUT2D eigenvalue weighted by atomic mass is 19.4. The van der Waals surface area contributed by atoms with Gasteiger partial charge in [-0.3, -0.25) is 9.99 Å². The number of hydrazine groups is 1. The molecule has 9 heteroatoms. The lowest BCUT2D eigenvalue weighted by Crippen LogP contribution is -2.35. The maximum Gasteiger partial charge on any atom is 0.435 e. The lowest BCUT2D eigenvalue weighted by Gasteiger charge is -2.27. The lowest BCUT2D eigenvalue weighted by molar-refractivity contribution is -0.140. The van der Waals surface area contributed by atoms with Crippen molar-refractivity contribution in [3.05, 3.63) is 47.4 Å². The summed E-state index contributed by atoms with van der Waals surface area (Å²) in [5.74, 6) is 0.517. The number of aryl methyl sites for hydroxylation is 3. The summed E-state index contributed by atoms with van der Waals surface area (Å²) in [6, 6.07) is 9.59. The molecule has 0 saturated carbocycles. The van der Waals surface area contributed by atoms with Crippen molar-refractivity contribution in [1.29, 1.82) is 0 Å². The lowest BCUT2D eigenvalue weighted by atomic mass is 10.1. The topological polar surface area (TPSA) is 58.9 Å². The molecule has 29 heavy (non-hydrogen) atoms. The molecule has 3 aromatic rings. The van der Waals surface area contributed by atoms with Gasteiger partial charge in [-0.25, -0.2) is 20.0 Å². The first-order chi connectivity index (χ1) is 13.9. The Morgan fingerprint density at radius 3 is 2.38 bits per heavy atom. The van der Waals surface area contributed by atoms with E-state index in [1.807, 2.05) is 35.3 Å². The number of anilines is 1. The molecule has 0 aliphatic carbocycles. The van der Waals surface area contributed by atoms with E-state index in [2.05, 4.69) is 20.4 Å². The van der Waals surface area contributed by atoms with Crippen molar-refractivity contribution in [3.8, 4) is 0 Å². The fourth-order valence-corrected chi connectivity index (χ4v) is 3.56. The second-order valence-corrected chi connectivity index (χ2v) is 7.30. The van der Waals surface area contributed by atoms with E-state index in [-0.39, 0.29) is 17.0 Å². The van der Waals surface area contributed by atoms with Gasteiger partial charge in [-0.15, -0.1) is 0 Å². The highest BCUT2D eigenvalue weighted by Gasteiger charge is 2.37. The van der Waals surface area contributed by atoms with E-state index in [4.69, 9.17) is 0 Å². The summed E-state index contributed by atoms with van der Waals surface area (Å²) < 4.78 is 42.6. The van der Waals surface area contributed by atoms with E-state index in [1.165, 1.54) is 0 Å². The average molecular weight is 404 g/mol. The van der Waals surface area contributed by atoms with Crippen LogP contribution in [0, 0.1) is 0 Å². The van der Waals surface area contributed by atoms with Gasteiger partial charge in [0.05, 0.1) is 0 Å². The first kappa shape index (κ1) is 19.6. The van der Waals surface area contributed by atoms with Crippen LogP contribution in [-0.2, 0) is 26.1 Å². The third kappa shape index (κ3) is 4.34. The number of aromatic nitrogens is 4. The number of halogens is 3. The van der Waals surface area contributed by atoms with Gasteiger partial charge in [0, 0.05) is 26.6 Å². The maximum atomic E-state index is 13.7. The molecule has 1 aliphatic heterocycles. The van der Waals surface area contributed by atoms with Crippen LogP contribution in [-0.4, -0.2) is 37.6 Å². The molecular formula is C20H23F3N6. The summed E-state index contributed by atoms with van der Waals surface area (Å²) in [4.78, 5) is 12.4.